The summed E-state index contributed by atoms with van der Waals surface area (Å²) in [6.45, 7) is 0. The molecule has 4 N–H and O–H groups in total. The maximum absolute atomic E-state index is 12.8. The number of benzene rings is 3. The number of fused-ring (bicyclic) bond motifs is 1. The molecule has 1 saturated heterocycles. The molecule has 9 heteroatoms. The summed E-state index contributed by atoms with van der Waals surface area (Å²) in [6, 6.07) is 17.8. The SMILES string of the molecule is COc1ccc(N2C(=O)C[C@@H](SC(N)=N/[NH+]=C/c3c(O)ccc4ccccc34)C2=O)cc1. The van der Waals surface area contributed by atoms with Gasteiger partial charge in [-0.3, -0.25) is 9.59 Å². The number of imide groups is 1. The Morgan fingerprint density at radius 3 is 2.69 bits per heavy atom. The van der Waals surface area contributed by atoms with Gasteiger partial charge in [0, 0.05) is 11.5 Å². The van der Waals surface area contributed by atoms with Crippen molar-refractivity contribution in [2.45, 2.75) is 11.7 Å². The monoisotopic (exact) mass is 449 g/mol. The number of rotatable bonds is 5. The molecule has 0 spiro atoms. The minimum atomic E-state index is -0.666. The first-order valence-corrected chi connectivity index (χ1v) is 10.7. The number of hydrazone groups is 1. The number of aromatic hydroxyl groups is 1. The van der Waals surface area contributed by atoms with Crippen molar-refractivity contribution in [1.29, 1.82) is 0 Å². The van der Waals surface area contributed by atoms with Gasteiger partial charge in [-0.05, 0) is 41.1 Å². The van der Waals surface area contributed by atoms with Crippen LogP contribution in [0, 0.1) is 0 Å². The fraction of sp³-hybridized carbons (Fsp3) is 0.130. The summed E-state index contributed by atoms with van der Waals surface area (Å²) >= 11 is 1.01. The second-order valence-corrected chi connectivity index (χ2v) is 8.24. The summed E-state index contributed by atoms with van der Waals surface area (Å²) in [5.74, 6) is 0.0867. The van der Waals surface area contributed by atoms with Crippen molar-refractivity contribution in [2.75, 3.05) is 12.0 Å². The van der Waals surface area contributed by atoms with Gasteiger partial charge in [-0.1, -0.05) is 42.1 Å². The number of nitrogens with zero attached hydrogens (tertiary/aromatic N) is 2. The number of carbonyl (C=O) groups is 2. The second-order valence-electron chi connectivity index (χ2n) is 7.02. The predicted molar refractivity (Wildman–Crippen MR) is 125 cm³/mol. The molecule has 1 atom stereocenters. The number of hydrogen-bond acceptors (Lipinski definition) is 6. The fourth-order valence-corrected chi connectivity index (χ4v) is 4.30. The molecule has 0 bridgehead atoms. The molecular formula is C23H21N4O4S+. The largest absolute Gasteiger partial charge is 0.507 e. The Hall–Kier alpha value is -3.85. The van der Waals surface area contributed by atoms with Crippen LogP contribution >= 0.6 is 11.8 Å². The van der Waals surface area contributed by atoms with E-state index in [2.05, 4.69) is 10.2 Å². The van der Waals surface area contributed by atoms with Crippen molar-refractivity contribution in [2.24, 2.45) is 10.8 Å². The summed E-state index contributed by atoms with van der Waals surface area (Å²) in [7, 11) is 1.54. The predicted octanol–water partition coefficient (Wildman–Crippen LogP) is 1.35. The summed E-state index contributed by atoms with van der Waals surface area (Å²) in [5, 5.41) is 18.2. The Morgan fingerprint density at radius 2 is 1.94 bits per heavy atom. The van der Waals surface area contributed by atoms with Gasteiger partial charge in [0.15, 0.2) is 0 Å². The number of amidine groups is 1. The molecule has 4 rings (SSSR count). The van der Waals surface area contributed by atoms with E-state index < -0.39 is 5.25 Å². The minimum absolute atomic E-state index is 0.0274. The van der Waals surface area contributed by atoms with Gasteiger partial charge >= 0.3 is 0 Å². The molecule has 0 unspecified atom stereocenters. The van der Waals surface area contributed by atoms with Crippen molar-refractivity contribution in [1.82, 2.24) is 0 Å². The topological polar surface area (TPSA) is 119 Å². The van der Waals surface area contributed by atoms with Crippen molar-refractivity contribution in [3.63, 3.8) is 0 Å². The number of phenolic OH excluding ortho intramolecular Hbond substituents is 1. The van der Waals surface area contributed by atoms with Crippen LogP contribution in [0.1, 0.15) is 12.0 Å². The lowest BCUT2D eigenvalue weighted by molar-refractivity contribution is -0.456. The molecule has 1 fully saturated rings. The van der Waals surface area contributed by atoms with E-state index in [4.69, 9.17) is 10.5 Å². The third kappa shape index (κ3) is 4.28. The Morgan fingerprint density at radius 1 is 1.19 bits per heavy atom. The average molecular weight is 450 g/mol. The van der Waals surface area contributed by atoms with E-state index in [1.165, 1.54) is 6.21 Å². The third-order valence-corrected chi connectivity index (χ3v) is 6.02. The molecule has 0 radical (unpaired) electrons. The first-order chi connectivity index (χ1) is 15.5. The van der Waals surface area contributed by atoms with Crippen molar-refractivity contribution in [3.8, 4) is 11.5 Å². The normalized spacial score (nSPS) is 17.0. The number of phenols is 1. The number of hydrogen-bond donors (Lipinski definition) is 3. The van der Waals surface area contributed by atoms with Crippen molar-refractivity contribution >= 4 is 51.4 Å². The molecule has 0 aromatic heterocycles. The molecule has 32 heavy (non-hydrogen) atoms. The highest BCUT2D eigenvalue weighted by Crippen LogP contribution is 2.30. The van der Waals surface area contributed by atoms with Gasteiger partial charge in [0.05, 0.1) is 18.4 Å². The maximum Gasteiger partial charge on any atom is 0.247 e. The molecule has 1 aliphatic heterocycles. The second kappa shape index (κ2) is 9.11. The number of anilines is 1. The van der Waals surface area contributed by atoms with E-state index in [1.54, 1.807) is 37.4 Å². The van der Waals surface area contributed by atoms with Crippen LogP contribution in [-0.4, -0.2) is 40.7 Å². The summed E-state index contributed by atoms with van der Waals surface area (Å²) < 4.78 is 5.11. The zero-order valence-corrected chi connectivity index (χ0v) is 18.0. The maximum atomic E-state index is 12.8. The number of nitrogens with two attached hydrogens (primary N) is 1. The fourth-order valence-electron chi connectivity index (χ4n) is 3.47. The molecule has 3 aromatic carbocycles. The van der Waals surface area contributed by atoms with E-state index >= 15 is 0 Å². The lowest BCUT2D eigenvalue weighted by Gasteiger charge is -2.15. The number of methoxy groups -OCH3 is 1. The van der Waals surface area contributed by atoms with Crippen LogP contribution in [0.25, 0.3) is 10.8 Å². The molecule has 0 aliphatic carbocycles. The molecule has 1 aliphatic rings. The van der Waals surface area contributed by atoms with E-state index in [1.807, 2.05) is 30.3 Å². The Balaban J connectivity index is 1.47. The van der Waals surface area contributed by atoms with Gasteiger partial charge in [-0.15, -0.1) is 5.10 Å². The number of carbonyl (C=O) groups excluding carboxylic acids is 2. The van der Waals surface area contributed by atoms with Crippen LogP contribution in [0.2, 0.25) is 0 Å². The average Bonchev–Trinajstić information content (AvgIpc) is 3.08. The van der Waals surface area contributed by atoms with Gasteiger partial charge in [0.1, 0.15) is 16.7 Å². The van der Waals surface area contributed by atoms with Gasteiger partial charge in [0.2, 0.25) is 23.2 Å². The molecule has 2 amide bonds. The quantitative estimate of drug-likeness (QED) is 0.234. The van der Waals surface area contributed by atoms with Gasteiger partial charge in [0.25, 0.3) is 0 Å². The van der Waals surface area contributed by atoms with Crippen LogP contribution in [0.4, 0.5) is 5.69 Å². The molecule has 0 saturated carbocycles. The van der Waals surface area contributed by atoms with Crippen LogP contribution < -0.4 is 20.5 Å². The minimum Gasteiger partial charge on any atom is -0.507 e. The molecule has 1 heterocycles. The molecule has 8 nitrogen and oxygen atoms in total. The highest BCUT2D eigenvalue weighted by Gasteiger charge is 2.40. The van der Waals surface area contributed by atoms with Gasteiger partial charge in [-0.2, -0.15) is 0 Å². The first kappa shape index (κ1) is 21.4. The summed E-state index contributed by atoms with van der Waals surface area (Å²) in [6.07, 6.45) is 1.57. The van der Waals surface area contributed by atoms with E-state index in [-0.39, 0.29) is 29.2 Å². The standard InChI is InChI=1S/C23H20N4O4S/c1-31-16-9-7-15(8-10-16)27-21(29)12-20(22(27)30)32-23(24)26-25-13-18-17-5-3-2-4-14(17)6-11-19(18)28/h2-11,13,20,28H,12H2,1H3,(H2,24,26)/p+1/b25-13+/t20-/m1/s1. The number of nitrogens with one attached hydrogen (secondary N) is 1. The van der Waals surface area contributed by atoms with E-state index in [9.17, 15) is 14.7 Å². The van der Waals surface area contributed by atoms with Crippen LogP contribution in [0.5, 0.6) is 11.5 Å². The smallest absolute Gasteiger partial charge is 0.247 e. The summed E-state index contributed by atoms with van der Waals surface area (Å²) in [4.78, 5) is 26.3. The van der Waals surface area contributed by atoms with Gasteiger partial charge < -0.3 is 15.6 Å². The third-order valence-electron chi connectivity index (χ3n) is 5.03. The van der Waals surface area contributed by atoms with Crippen molar-refractivity contribution < 1.29 is 24.5 Å². The first-order valence-electron chi connectivity index (χ1n) is 9.78. The van der Waals surface area contributed by atoms with Crippen LogP contribution in [-0.2, 0) is 9.59 Å². The summed E-state index contributed by atoms with van der Waals surface area (Å²) in [5.41, 5.74) is 7.02. The van der Waals surface area contributed by atoms with Crippen LogP contribution in [0.3, 0.4) is 0 Å². The Labute approximate surface area is 188 Å². The Bertz CT molecular complexity index is 1240. The molecule has 3 aromatic rings. The van der Waals surface area contributed by atoms with E-state index in [0.29, 0.717) is 17.0 Å². The van der Waals surface area contributed by atoms with E-state index in [0.717, 1.165) is 27.4 Å². The van der Waals surface area contributed by atoms with Gasteiger partial charge in [-0.25, -0.2) is 4.90 Å². The zero-order chi connectivity index (χ0) is 22.7. The highest BCUT2D eigenvalue weighted by atomic mass is 32.2. The molecule has 162 valence electrons. The zero-order valence-electron chi connectivity index (χ0n) is 17.2. The lowest BCUT2D eigenvalue weighted by Crippen LogP contribution is -2.62. The number of thioether (sulfide) groups is 1. The number of amides is 2. The Kier molecular flexibility index (Phi) is 6.09. The van der Waals surface area contributed by atoms with Crippen molar-refractivity contribution in [3.05, 3.63) is 66.2 Å². The van der Waals surface area contributed by atoms with Crippen LogP contribution in [0.15, 0.2) is 65.8 Å². The molecular weight excluding hydrogens is 428 g/mol. The highest BCUT2D eigenvalue weighted by molar-refractivity contribution is 8.14. The lowest BCUT2D eigenvalue weighted by atomic mass is 10.0. The number of ether oxygens (including phenoxy) is 1.